The van der Waals surface area contributed by atoms with Crippen molar-refractivity contribution in [2.45, 2.75) is 6.92 Å². The number of hydrogen-bond acceptors (Lipinski definition) is 5. The Kier molecular flexibility index (Phi) is 4.42. The molecule has 2 aromatic carbocycles. The largest absolute Gasteiger partial charge is 0.340 e. The number of carbonyl (C=O) groups is 3. The quantitative estimate of drug-likeness (QED) is 0.512. The number of benzene rings is 2. The third kappa shape index (κ3) is 2.82. The first-order valence-corrected chi connectivity index (χ1v) is 7.85. The van der Waals surface area contributed by atoms with Crippen molar-refractivity contribution < 1.29 is 14.4 Å². The lowest BCUT2D eigenvalue weighted by atomic mass is 9.94. The van der Waals surface area contributed by atoms with Crippen LogP contribution in [-0.4, -0.2) is 47.4 Å². The number of nitrogens with zero attached hydrogens (tertiary/aromatic N) is 3. The number of hydrogen-bond donors (Lipinski definition) is 1. The van der Waals surface area contributed by atoms with Gasteiger partial charge < -0.3 is 5.32 Å². The molecule has 8 heteroatoms. The lowest BCUT2D eigenvalue weighted by Gasteiger charge is -2.27. The highest BCUT2D eigenvalue weighted by atomic mass is 16.3. The molecule has 25 heavy (non-hydrogen) atoms. The Bertz CT molecular complexity index is 829. The minimum absolute atomic E-state index is 0.00450. The summed E-state index contributed by atoms with van der Waals surface area (Å²) in [4.78, 5) is 48.6. The van der Waals surface area contributed by atoms with Gasteiger partial charge in [-0.3, -0.25) is 14.5 Å². The van der Waals surface area contributed by atoms with Crippen molar-refractivity contribution in [3.63, 3.8) is 0 Å². The van der Waals surface area contributed by atoms with Crippen molar-refractivity contribution in [3.05, 3.63) is 52.4 Å². The molecule has 0 saturated heterocycles. The highest BCUT2D eigenvalue weighted by Gasteiger charge is 2.32. The summed E-state index contributed by atoms with van der Waals surface area (Å²) in [5.41, 5.74) is 0.924. The molecule has 2 aromatic rings. The van der Waals surface area contributed by atoms with Gasteiger partial charge in [0, 0.05) is 36.1 Å². The topological polar surface area (TPSA) is 99.2 Å². The first kappa shape index (κ1) is 16.6. The molecule has 128 valence electrons. The second-order valence-corrected chi connectivity index (χ2v) is 5.50. The van der Waals surface area contributed by atoms with E-state index in [0.717, 1.165) is 15.3 Å². The predicted molar refractivity (Wildman–Crippen MR) is 90.9 cm³/mol. The summed E-state index contributed by atoms with van der Waals surface area (Å²) in [6.07, 6.45) is 0. The Morgan fingerprint density at radius 2 is 1.72 bits per heavy atom. The van der Waals surface area contributed by atoms with Crippen LogP contribution in [0, 0.1) is 4.91 Å². The fourth-order valence-electron chi connectivity index (χ4n) is 2.89. The van der Waals surface area contributed by atoms with Gasteiger partial charge in [-0.1, -0.05) is 24.3 Å². The van der Waals surface area contributed by atoms with Gasteiger partial charge in [0.2, 0.25) is 0 Å². The summed E-state index contributed by atoms with van der Waals surface area (Å²) in [5.74, 6) is -0.797. The van der Waals surface area contributed by atoms with Gasteiger partial charge in [-0.2, -0.15) is 5.01 Å². The average molecular weight is 340 g/mol. The van der Waals surface area contributed by atoms with E-state index in [0.29, 0.717) is 16.5 Å². The van der Waals surface area contributed by atoms with Crippen molar-refractivity contribution in [2.24, 2.45) is 5.29 Å². The van der Waals surface area contributed by atoms with E-state index in [1.54, 1.807) is 31.2 Å². The standard InChI is InChI=1S/C17H16N4O4/c1-2-21(19-25)17(24)18-9-10-20-15(22)12-7-3-5-11-6-4-8-13(14(11)12)16(20)23/h3-8H,2,9-10H2,1H3,(H,18,24). The Morgan fingerprint density at radius 1 is 1.12 bits per heavy atom. The van der Waals surface area contributed by atoms with Gasteiger partial charge in [-0.25, -0.2) is 4.79 Å². The summed E-state index contributed by atoms with van der Waals surface area (Å²) in [6.45, 7) is 1.77. The van der Waals surface area contributed by atoms with Crippen LogP contribution in [0.1, 0.15) is 27.6 Å². The fraction of sp³-hybridized carbons (Fsp3) is 0.235. The van der Waals surface area contributed by atoms with Crippen LogP contribution < -0.4 is 5.32 Å². The Morgan fingerprint density at radius 3 is 2.24 bits per heavy atom. The van der Waals surface area contributed by atoms with E-state index in [2.05, 4.69) is 10.6 Å². The minimum Gasteiger partial charge on any atom is -0.335 e. The zero-order chi connectivity index (χ0) is 18.0. The van der Waals surface area contributed by atoms with E-state index < -0.39 is 17.8 Å². The number of amides is 4. The van der Waals surface area contributed by atoms with Gasteiger partial charge in [0.1, 0.15) is 0 Å². The molecule has 0 saturated carbocycles. The average Bonchev–Trinajstić information content (AvgIpc) is 2.63. The monoisotopic (exact) mass is 340 g/mol. The van der Waals surface area contributed by atoms with Gasteiger partial charge in [0.05, 0.1) is 5.29 Å². The molecule has 0 radical (unpaired) electrons. The first-order valence-electron chi connectivity index (χ1n) is 7.85. The zero-order valence-corrected chi connectivity index (χ0v) is 13.6. The fourth-order valence-corrected chi connectivity index (χ4v) is 2.89. The third-order valence-electron chi connectivity index (χ3n) is 4.10. The van der Waals surface area contributed by atoms with Crippen molar-refractivity contribution in [3.8, 4) is 0 Å². The molecule has 0 spiro atoms. The maximum absolute atomic E-state index is 12.6. The molecule has 0 aromatic heterocycles. The second kappa shape index (κ2) is 6.68. The van der Waals surface area contributed by atoms with Crippen LogP contribution in [0.5, 0.6) is 0 Å². The summed E-state index contributed by atoms with van der Waals surface area (Å²) in [7, 11) is 0. The highest BCUT2D eigenvalue weighted by molar-refractivity contribution is 6.25. The third-order valence-corrected chi connectivity index (χ3v) is 4.10. The summed E-state index contributed by atoms with van der Waals surface area (Å²) in [6, 6.07) is 9.93. The molecule has 0 atom stereocenters. The lowest BCUT2D eigenvalue weighted by Crippen LogP contribution is -2.46. The van der Waals surface area contributed by atoms with Gasteiger partial charge in [0.25, 0.3) is 11.8 Å². The molecular formula is C17H16N4O4. The van der Waals surface area contributed by atoms with Crippen LogP contribution in [0.4, 0.5) is 4.79 Å². The Hall–Kier alpha value is -3.29. The summed E-state index contributed by atoms with van der Waals surface area (Å²) < 4.78 is 0. The number of urea groups is 1. The van der Waals surface area contributed by atoms with E-state index in [9.17, 15) is 19.3 Å². The molecule has 1 heterocycles. The van der Waals surface area contributed by atoms with Crippen LogP contribution in [0.3, 0.4) is 0 Å². The van der Waals surface area contributed by atoms with Gasteiger partial charge in [-0.05, 0) is 24.4 Å². The maximum Gasteiger partial charge on any atom is 0.340 e. The molecular weight excluding hydrogens is 324 g/mol. The molecule has 1 N–H and O–H groups in total. The molecule has 3 rings (SSSR count). The lowest BCUT2D eigenvalue weighted by molar-refractivity contribution is 0.0611. The Labute approximate surface area is 143 Å². The number of imide groups is 1. The Balaban J connectivity index is 1.79. The second-order valence-electron chi connectivity index (χ2n) is 5.50. The van der Waals surface area contributed by atoms with Crippen molar-refractivity contribution in [1.29, 1.82) is 0 Å². The van der Waals surface area contributed by atoms with E-state index in [4.69, 9.17) is 0 Å². The molecule has 1 aliphatic heterocycles. The zero-order valence-electron chi connectivity index (χ0n) is 13.6. The highest BCUT2D eigenvalue weighted by Crippen LogP contribution is 2.29. The number of rotatable bonds is 5. The van der Waals surface area contributed by atoms with Gasteiger partial charge in [-0.15, -0.1) is 4.91 Å². The van der Waals surface area contributed by atoms with Crippen molar-refractivity contribution in [2.75, 3.05) is 19.6 Å². The first-order chi connectivity index (χ1) is 12.1. The van der Waals surface area contributed by atoms with Crippen LogP contribution in [-0.2, 0) is 0 Å². The van der Waals surface area contributed by atoms with E-state index in [1.807, 2.05) is 12.1 Å². The van der Waals surface area contributed by atoms with Gasteiger partial charge >= 0.3 is 6.03 Å². The van der Waals surface area contributed by atoms with Gasteiger partial charge in [0.15, 0.2) is 0 Å². The molecule has 0 unspecified atom stereocenters. The van der Waals surface area contributed by atoms with Crippen LogP contribution >= 0.6 is 0 Å². The van der Waals surface area contributed by atoms with Crippen molar-refractivity contribution in [1.82, 2.24) is 15.2 Å². The van der Waals surface area contributed by atoms with E-state index in [1.165, 1.54) is 0 Å². The molecule has 0 fully saturated rings. The molecule has 1 aliphatic rings. The van der Waals surface area contributed by atoms with Crippen LogP contribution in [0.25, 0.3) is 10.8 Å². The number of carbonyl (C=O) groups excluding carboxylic acids is 3. The molecule has 4 amide bonds. The maximum atomic E-state index is 12.6. The summed E-state index contributed by atoms with van der Waals surface area (Å²) >= 11 is 0. The predicted octanol–water partition coefficient (Wildman–Crippen LogP) is 2.15. The SMILES string of the molecule is CCN(N=O)C(=O)NCCN1C(=O)c2cccc3cccc(c23)C1=O. The smallest absolute Gasteiger partial charge is 0.335 e. The number of nitrogens with one attached hydrogen (secondary N) is 1. The van der Waals surface area contributed by atoms with E-state index >= 15 is 0 Å². The summed E-state index contributed by atoms with van der Waals surface area (Å²) in [5, 5.41) is 7.26. The normalized spacial score (nSPS) is 13.1. The minimum atomic E-state index is -0.670. The van der Waals surface area contributed by atoms with Crippen LogP contribution in [0.2, 0.25) is 0 Å². The van der Waals surface area contributed by atoms with E-state index in [-0.39, 0.29) is 19.6 Å². The van der Waals surface area contributed by atoms with Crippen molar-refractivity contribution >= 4 is 28.6 Å². The van der Waals surface area contributed by atoms with Crippen LogP contribution in [0.15, 0.2) is 41.7 Å². The number of nitroso groups, excluding NO2 is 1. The molecule has 8 nitrogen and oxygen atoms in total. The molecule has 0 aliphatic carbocycles. The molecule has 0 bridgehead atoms.